The first-order valence-corrected chi connectivity index (χ1v) is 13.0. The first-order valence-electron chi connectivity index (χ1n) is 11.9. The number of anilines is 1. The Hall–Kier alpha value is -3.66. The summed E-state index contributed by atoms with van der Waals surface area (Å²) in [5.74, 6) is 0.484. The molecule has 1 aromatic heterocycles. The van der Waals surface area contributed by atoms with Crippen molar-refractivity contribution in [2.45, 2.75) is 27.0 Å². The van der Waals surface area contributed by atoms with Gasteiger partial charge < -0.3 is 9.84 Å². The van der Waals surface area contributed by atoms with Gasteiger partial charge in [-0.05, 0) is 60.6 Å². The molecular formula is C27H28ClN5O3S. The van der Waals surface area contributed by atoms with Crippen LogP contribution in [0.25, 0.3) is 10.2 Å². The number of nitrogens with zero attached hydrogens (tertiary/aromatic N) is 3. The second kappa shape index (κ2) is 12.5. The summed E-state index contributed by atoms with van der Waals surface area (Å²) >= 11 is 7.30. The van der Waals surface area contributed by atoms with Crippen LogP contribution in [0.3, 0.4) is 0 Å². The van der Waals surface area contributed by atoms with Crippen molar-refractivity contribution < 1.29 is 14.6 Å². The van der Waals surface area contributed by atoms with Crippen LogP contribution < -0.4 is 15.5 Å². The molecule has 0 radical (unpaired) electrons. The molecule has 0 unspecified atom stereocenters. The number of halogens is 1. The fourth-order valence-corrected chi connectivity index (χ4v) is 4.63. The van der Waals surface area contributed by atoms with E-state index >= 15 is 0 Å². The van der Waals surface area contributed by atoms with E-state index in [1.807, 2.05) is 18.2 Å². The Labute approximate surface area is 224 Å². The predicted molar refractivity (Wildman–Crippen MR) is 150 cm³/mol. The minimum absolute atomic E-state index is 0.0220. The number of carbonyl (C=O) groups is 1. The summed E-state index contributed by atoms with van der Waals surface area (Å²) in [6, 6.07) is 17.8. The molecule has 0 spiro atoms. The van der Waals surface area contributed by atoms with E-state index in [0.29, 0.717) is 28.1 Å². The lowest BCUT2D eigenvalue weighted by molar-refractivity contribution is 0.252. The molecule has 0 aliphatic heterocycles. The summed E-state index contributed by atoms with van der Waals surface area (Å²) in [5.41, 5.74) is 5.82. The molecule has 3 aromatic carbocycles. The highest BCUT2D eigenvalue weighted by Gasteiger charge is 2.09. The summed E-state index contributed by atoms with van der Waals surface area (Å²) < 4.78 is 6.71. The van der Waals surface area contributed by atoms with Gasteiger partial charge in [-0.25, -0.2) is 15.2 Å². The molecule has 37 heavy (non-hydrogen) atoms. The highest BCUT2D eigenvalue weighted by molar-refractivity contribution is 7.22. The average Bonchev–Trinajstić information content (AvgIpc) is 3.29. The monoisotopic (exact) mass is 537 g/mol. The van der Waals surface area contributed by atoms with Gasteiger partial charge in [0.2, 0.25) is 0 Å². The van der Waals surface area contributed by atoms with Gasteiger partial charge in [-0.15, -0.1) is 0 Å². The lowest BCUT2D eigenvalue weighted by Crippen LogP contribution is -2.24. The van der Waals surface area contributed by atoms with E-state index in [0.717, 1.165) is 35.4 Å². The number of benzene rings is 3. The SMILES string of the molecule is CCN(CC)Cc1ccc2nc(NC(=O)N/N=C/c3ccc(OCc4ccc(Cl)cc4)cc3O)sc2c1. The molecular weight excluding hydrogens is 510 g/mol. The minimum atomic E-state index is -0.527. The molecule has 0 saturated carbocycles. The number of fused-ring (bicyclic) bond motifs is 1. The van der Waals surface area contributed by atoms with Crippen LogP contribution in [0.1, 0.15) is 30.5 Å². The fraction of sp³-hybridized carbons (Fsp3) is 0.222. The number of carbonyl (C=O) groups excluding carboxylic acids is 1. The number of hydrogen-bond acceptors (Lipinski definition) is 7. The molecule has 0 saturated heterocycles. The Morgan fingerprint density at radius 1 is 1.11 bits per heavy atom. The Balaban J connectivity index is 1.30. The molecule has 10 heteroatoms. The quantitative estimate of drug-likeness (QED) is 0.164. The highest BCUT2D eigenvalue weighted by Crippen LogP contribution is 2.27. The number of urea groups is 1. The Bertz CT molecular complexity index is 1390. The number of aromatic hydroxyl groups is 1. The second-order valence-corrected chi connectivity index (χ2v) is 9.71. The van der Waals surface area contributed by atoms with E-state index in [-0.39, 0.29) is 5.75 Å². The van der Waals surface area contributed by atoms with Gasteiger partial charge in [0, 0.05) is 23.2 Å². The molecule has 4 aromatic rings. The van der Waals surface area contributed by atoms with Crippen LogP contribution in [-0.2, 0) is 13.2 Å². The summed E-state index contributed by atoms with van der Waals surface area (Å²) in [7, 11) is 0. The van der Waals surface area contributed by atoms with Crippen LogP contribution in [0, 0.1) is 0 Å². The minimum Gasteiger partial charge on any atom is -0.507 e. The van der Waals surface area contributed by atoms with Crippen molar-refractivity contribution in [2.75, 3.05) is 18.4 Å². The van der Waals surface area contributed by atoms with E-state index in [2.05, 4.69) is 51.7 Å². The van der Waals surface area contributed by atoms with E-state index in [9.17, 15) is 9.90 Å². The molecule has 3 N–H and O–H groups in total. The standard InChI is InChI=1S/C27H28ClN5O3S/c1-3-33(4-2)16-19-7-12-23-25(13-19)37-27(30-23)31-26(35)32-29-15-20-8-11-22(14-24(20)34)36-17-18-5-9-21(28)10-6-18/h5-15,34H,3-4,16-17H2,1-2H3,(H2,30,31,32,35)/b29-15+. The maximum atomic E-state index is 12.3. The zero-order valence-corrected chi connectivity index (χ0v) is 22.1. The molecule has 4 rings (SSSR count). The number of hydrogen-bond donors (Lipinski definition) is 3. The molecule has 0 bridgehead atoms. The topological polar surface area (TPSA) is 99.1 Å². The zero-order chi connectivity index (χ0) is 26.2. The van der Waals surface area contributed by atoms with Crippen LogP contribution in [0.5, 0.6) is 11.5 Å². The van der Waals surface area contributed by atoms with Crippen molar-refractivity contribution >= 4 is 50.5 Å². The lowest BCUT2D eigenvalue weighted by Gasteiger charge is -2.17. The van der Waals surface area contributed by atoms with E-state index in [1.165, 1.54) is 29.2 Å². The maximum Gasteiger partial charge on any atom is 0.341 e. The molecule has 0 fully saturated rings. The zero-order valence-electron chi connectivity index (χ0n) is 20.6. The number of aromatic nitrogens is 1. The number of ether oxygens (including phenoxy) is 1. The van der Waals surface area contributed by atoms with Gasteiger partial charge >= 0.3 is 6.03 Å². The number of thiazole rings is 1. The van der Waals surface area contributed by atoms with Crippen molar-refractivity contribution in [2.24, 2.45) is 5.10 Å². The number of amides is 2. The predicted octanol–water partition coefficient (Wildman–Crippen LogP) is 6.23. The number of phenols is 1. The molecule has 0 atom stereocenters. The van der Waals surface area contributed by atoms with Gasteiger partial charge in [0.25, 0.3) is 0 Å². The smallest absolute Gasteiger partial charge is 0.341 e. The van der Waals surface area contributed by atoms with E-state index < -0.39 is 6.03 Å². The number of phenolic OH excluding ortho intramolecular Hbond substituents is 1. The van der Waals surface area contributed by atoms with Crippen molar-refractivity contribution in [3.8, 4) is 11.5 Å². The van der Waals surface area contributed by atoms with E-state index in [1.54, 1.807) is 24.3 Å². The summed E-state index contributed by atoms with van der Waals surface area (Å²) in [6.07, 6.45) is 1.36. The van der Waals surface area contributed by atoms with Crippen LogP contribution in [0.15, 0.2) is 65.8 Å². The van der Waals surface area contributed by atoms with E-state index in [4.69, 9.17) is 16.3 Å². The molecule has 192 valence electrons. The molecule has 0 aliphatic carbocycles. The van der Waals surface area contributed by atoms with Crippen LogP contribution in [-0.4, -0.2) is 40.3 Å². The van der Waals surface area contributed by atoms with Gasteiger partial charge in [0.15, 0.2) is 5.13 Å². The number of nitrogens with one attached hydrogen (secondary N) is 2. The largest absolute Gasteiger partial charge is 0.507 e. The molecule has 0 aliphatic rings. The maximum absolute atomic E-state index is 12.3. The van der Waals surface area contributed by atoms with Gasteiger partial charge in [-0.1, -0.05) is 55.0 Å². The summed E-state index contributed by atoms with van der Waals surface area (Å²) in [6.45, 7) is 7.49. The number of hydrazone groups is 1. The Morgan fingerprint density at radius 3 is 2.59 bits per heavy atom. The second-order valence-electron chi connectivity index (χ2n) is 8.24. The van der Waals surface area contributed by atoms with Crippen molar-refractivity contribution in [3.63, 3.8) is 0 Å². The third-order valence-corrected chi connectivity index (χ3v) is 6.85. The third kappa shape index (κ3) is 7.42. The average molecular weight is 538 g/mol. The molecule has 2 amide bonds. The van der Waals surface area contributed by atoms with Crippen molar-refractivity contribution in [1.82, 2.24) is 15.3 Å². The van der Waals surface area contributed by atoms with Gasteiger partial charge in [-0.3, -0.25) is 10.2 Å². The summed E-state index contributed by atoms with van der Waals surface area (Å²) in [4.78, 5) is 19.1. The van der Waals surface area contributed by atoms with Gasteiger partial charge in [-0.2, -0.15) is 5.10 Å². The fourth-order valence-electron chi connectivity index (χ4n) is 3.58. The normalized spacial score (nSPS) is 11.4. The van der Waals surface area contributed by atoms with Crippen molar-refractivity contribution in [3.05, 3.63) is 82.4 Å². The number of rotatable bonds is 10. The summed E-state index contributed by atoms with van der Waals surface area (Å²) in [5, 5.41) is 18.0. The molecule has 1 heterocycles. The third-order valence-electron chi connectivity index (χ3n) is 5.66. The van der Waals surface area contributed by atoms with Gasteiger partial charge in [0.1, 0.15) is 18.1 Å². The van der Waals surface area contributed by atoms with Crippen LogP contribution in [0.2, 0.25) is 5.02 Å². The first-order chi connectivity index (χ1) is 17.9. The Kier molecular flexibility index (Phi) is 8.95. The Morgan fingerprint density at radius 2 is 1.86 bits per heavy atom. The van der Waals surface area contributed by atoms with Crippen molar-refractivity contribution in [1.29, 1.82) is 0 Å². The van der Waals surface area contributed by atoms with Crippen LogP contribution >= 0.6 is 22.9 Å². The lowest BCUT2D eigenvalue weighted by atomic mass is 10.2. The van der Waals surface area contributed by atoms with Crippen LogP contribution in [0.4, 0.5) is 9.93 Å². The van der Waals surface area contributed by atoms with Gasteiger partial charge in [0.05, 0.1) is 16.4 Å². The first kappa shape index (κ1) is 26.4. The highest BCUT2D eigenvalue weighted by atomic mass is 35.5. The molecule has 8 nitrogen and oxygen atoms in total.